The van der Waals surface area contributed by atoms with E-state index in [0.717, 1.165) is 48.8 Å². The fourth-order valence-corrected chi connectivity index (χ4v) is 5.79. The van der Waals surface area contributed by atoms with Crippen LogP contribution in [0, 0.1) is 0 Å². The highest BCUT2D eigenvalue weighted by atomic mass is 79.9. The van der Waals surface area contributed by atoms with Gasteiger partial charge in [-0.2, -0.15) is 0 Å². The zero-order valence-corrected chi connectivity index (χ0v) is 23.9. The van der Waals surface area contributed by atoms with Gasteiger partial charge in [0.25, 0.3) is 5.91 Å². The Hall–Kier alpha value is -2.38. The summed E-state index contributed by atoms with van der Waals surface area (Å²) in [6.45, 7) is 9.55. The Balaban J connectivity index is 1.43. The molecule has 0 bridgehead atoms. The van der Waals surface area contributed by atoms with E-state index in [2.05, 4.69) is 40.2 Å². The van der Waals surface area contributed by atoms with Gasteiger partial charge in [-0.3, -0.25) is 4.79 Å². The third-order valence-electron chi connectivity index (χ3n) is 7.25. The number of benzene rings is 2. The van der Waals surface area contributed by atoms with E-state index in [1.165, 1.54) is 12.0 Å². The van der Waals surface area contributed by atoms with Gasteiger partial charge in [0.2, 0.25) is 0 Å². The molecule has 0 aromatic heterocycles. The summed E-state index contributed by atoms with van der Waals surface area (Å²) in [5, 5.41) is 0. The van der Waals surface area contributed by atoms with E-state index >= 15 is 0 Å². The molecule has 7 heteroatoms. The molecule has 2 aromatic carbocycles. The Morgan fingerprint density at radius 3 is 2.24 bits per heavy atom. The summed E-state index contributed by atoms with van der Waals surface area (Å²) in [5.74, 6) is 0.0949. The van der Waals surface area contributed by atoms with Crippen LogP contribution in [0.2, 0.25) is 0 Å². The minimum atomic E-state index is -0.508. The Morgan fingerprint density at radius 1 is 0.919 bits per heavy atom. The van der Waals surface area contributed by atoms with E-state index < -0.39 is 5.60 Å². The summed E-state index contributed by atoms with van der Waals surface area (Å²) in [5.41, 5.74) is 2.22. The predicted molar refractivity (Wildman–Crippen MR) is 149 cm³/mol. The van der Waals surface area contributed by atoms with Crippen molar-refractivity contribution in [3.8, 4) is 0 Å². The predicted octanol–water partition coefficient (Wildman–Crippen LogP) is 6.56. The minimum absolute atomic E-state index is 0.0949. The van der Waals surface area contributed by atoms with E-state index in [1.54, 1.807) is 4.90 Å². The number of piperidine rings is 2. The molecule has 0 unspecified atom stereocenters. The molecule has 2 aliphatic heterocycles. The first-order valence-electron chi connectivity index (χ1n) is 13.4. The van der Waals surface area contributed by atoms with Crippen molar-refractivity contribution in [2.24, 2.45) is 0 Å². The Bertz CT molecular complexity index is 1070. The molecule has 6 nitrogen and oxygen atoms in total. The van der Waals surface area contributed by atoms with E-state index in [9.17, 15) is 9.59 Å². The van der Waals surface area contributed by atoms with Crippen molar-refractivity contribution in [2.45, 2.75) is 70.5 Å². The normalized spacial score (nSPS) is 17.9. The second-order valence-electron chi connectivity index (χ2n) is 11.3. The van der Waals surface area contributed by atoms with Gasteiger partial charge < -0.3 is 19.3 Å². The number of ether oxygens (including phenoxy) is 2. The van der Waals surface area contributed by atoms with Gasteiger partial charge in [-0.25, -0.2) is 4.79 Å². The van der Waals surface area contributed by atoms with Crippen LogP contribution in [-0.4, -0.2) is 60.2 Å². The minimum Gasteiger partial charge on any atom is -0.444 e. The monoisotopic (exact) mass is 570 g/mol. The smallest absolute Gasteiger partial charge is 0.410 e. The number of nitrogens with zero attached hydrogens (tertiary/aromatic N) is 2. The maximum atomic E-state index is 13.1. The topological polar surface area (TPSA) is 59.1 Å². The number of likely N-dealkylation sites (tertiary alicyclic amines) is 2. The Kier molecular flexibility index (Phi) is 8.96. The van der Waals surface area contributed by atoms with Crippen LogP contribution in [0.25, 0.3) is 0 Å². The average molecular weight is 572 g/mol. The summed E-state index contributed by atoms with van der Waals surface area (Å²) in [6.07, 6.45) is 4.68. The van der Waals surface area contributed by atoms with E-state index in [1.807, 2.05) is 49.9 Å². The highest BCUT2D eigenvalue weighted by Gasteiger charge is 2.38. The van der Waals surface area contributed by atoms with Crippen LogP contribution >= 0.6 is 15.9 Å². The van der Waals surface area contributed by atoms with Crippen molar-refractivity contribution in [2.75, 3.05) is 32.8 Å². The number of halogens is 1. The van der Waals surface area contributed by atoms with Crippen LogP contribution in [0.1, 0.15) is 74.4 Å². The Labute approximate surface area is 229 Å². The molecule has 0 radical (unpaired) electrons. The molecule has 0 aliphatic carbocycles. The Morgan fingerprint density at radius 2 is 1.59 bits per heavy atom. The van der Waals surface area contributed by atoms with Gasteiger partial charge in [-0.15, -0.1) is 0 Å². The van der Waals surface area contributed by atoms with Crippen molar-refractivity contribution in [3.63, 3.8) is 0 Å². The lowest BCUT2D eigenvalue weighted by Crippen LogP contribution is -2.48. The fraction of sp³-hybridized carbons (Fsp3) is 0.533. The third kappa shape index (κ3) is 7.35. The second-order valence-corrected chi connectivity index (χ2v) is 12.2. The van der Waals surface area contributed by atoms with Gasteiger partial charge >= 0.3 is 6.09 Å². The molecule has 0 saturated carbocycles. The first-order valence-corrected chi connectivity index (χ1v) is 14.1. The lowest BCUT2D eigenvalue weighted by Gasteiger charge is -2.42. The van der Waals surface area contributed by atoms with Crippen LogP contribution in [0.3, 0.4) is 0 Å². The maximum Gasteiger partial charge on any atom is 0.410 e. The van der Waals surface area contributed by atoms with Crippen molar-refractivity contribution < 1.29 is 19.1 Å². The van der Waals surface area contributed by atoms with Gasteiger partial charge in [0.15, 0.2) is 0 Å². The lowest BCUT2D eigenvalue weighted by molar-refractivity contribution is 0.00331. The molecule has 0 N–H and O–H groups in total. The molecule has 2 fully saturated rings. The summed E-state index contributed by atoms with van der Waals surface area (Å²) in [4.78, 5) is 29.4. The third-order valence-corrected chi connectivity index (χ3v) is 7.71. The largest absolute Gasteiger partial charge is 0.444 e. The van der Waals surface area contributed by atoms with Crippen LogP contribution in [0.4, 0.5) is 4.79 Å². The molecule has 2 heterocycles. The van der Waals surface area contributed by atoms with Crippen molar-refractivity contribution in [1.82, 2.24) is 9.80 Å². The number of hydrogen-bond donors (Lipinski definition) is 0. The molecule has 2 saturated heterocycles. The average Bonchev–Trinajstić information content (AvgIpc) is 2.88. The molecule has 200 valence electrons. The molecule has 2 aliphatic rings. The van der Waals surface area contributed by atoms with Crippen molar-refractivity contribution in [3.05, 3.63) is 69.7 Å². The molecule has 37 heavy (non-hydrogen) atoms. The van der Waals surface area contributed by atoms with Gasteiger partial charge in [0, 0.05) is 41.6 Å². The molecule has 0 spiro atoms. The maximum absolute atomic E-state index is 13.1. The molecule has 4 rings (SSSR count). The number of amides is 2. The number of rotatable bonds is 6. The van der Waals surface area contributed by atoms with Crippen LogP contribution in [0.15, 0.2) is 53.0 Å². The van der Waals surface area contributed by atoms with E-state index in [4.69, 9.17) is 9.47 Å². The first-order chi connectivity index (χ1) is 17.7. The van der Waals surface area contributed by atoms with Crippen LogP contribution in [-0.2, 0) is 21.5 Å². The summed E-state index contributed by atoms with van der Waals surface area (Å²) in [6, 6.07) is 16.3. The quantitative estimate of drug-likeness (QED) is 0.394. The number of hydrogen-bond acceptors (Lipinski definition) is 4. The zero-order valence-electron chi connectivity index (χ0n) is 22.3. The van der Waals surface area contributed by atoms with Gasteiger partial charge in [-0.05, 0) is 82.2 Å². The lowest BCUT2D eigenvalue weighted by atomic mass is 9.73. The zero-order chi connectivity index (χ0) is 26.5. The van der Waals surface area contributed by atoms with Gasteiger partial charge in [0.05, 0.1) is 13.2 Å². The molecular weight excluding hydrogens is 532 g/mol. The number of carbonyl (C=O) groups excluding carboxylic acids is 2. The van der Waals surface area contributed by atoms with Crippen molar-refractivity contribution in [1.29, 1.82) is 0 Å². The fourth-order valence-electron chi connectivity index (χ4n) is 5.25. The molecule has 2 aromatic rings. The highest BCUT2D eigenvalue weighted by molar-refractivity contribution is 9.10. The van der Waals surface area contributed by atoms with Crippen molar-refractivity contribution >= 4 is 27.9 Å². The summed E-state index contributed by atoms with van der Waals surface area (Å²) in [7, 11) is 0. The highest BCUT2D eigenvalue weighted by Crippen LogP contribution is 2.36. The first kappa shape index (κ1) is 27.6. The number of carbonyl (C=O) groups is 2. The van der Waals surface area contributed by atoms with Crippen LogP contribution < -0.4 is 0 Å². The van der Waals surface area contributed by atoms with E-state index in [0.29, 0.717) is 31.9 Å². The summed E-state index contributed by atoms with van der Waals surface area (Å²) >= 11 is 3.59. The SMILES string of the molecule is CC(C)(C)OC(=O)N1CCC(COCc2cc(Br)cc(C(=O)N3CCCCC3)c2)(c2ccccc2)CC1. The molecule has 2 amide bonds. The van der Waals surface area contributed by atoms with E-state index in [-0.39, 0.29) is 17.4 Å². The second kappa shape index (κ2) is 12.0. The standard InChI is InChI=1S/C30H39BrN2O4/c1-29(2,3)37-28(35)33-16-12-30(13-17-33,25-10-6-4-7-11-25)22-36-21-23-18-24(20-26(31)19-23)27(34)32-14-8-5-9-15-32/h4,6-7,10-11,18-20H,5,8-9,12-17,21-22H2,1-3H3. The molecular formula is C30H39BrN2O4. The summed E-state index contributed by atoms with van der Waals surface area (Å²) < 4.78 is 12.8. The van der Waals surface area contributed by atoms with Gasteiger partial charge in [0.1, 0.15) is 5.60 Å². The van der Waals surface area contributed by atoms with Crippen LogP contribution in [0.5, 0.6) is 0 Å². The van der Waals surface area contributed by atoms with Gasteiger partial charge in [-0.1, -0.05) is 46.3 Å². The molecule has 0 atom stereocenters.